The van der Waals surface area contributed by atoms with Crippen molar-refractivity contribution in [3.8, 4) is 11.4 Å². The molecule has 0 saturated carbocycles. The van der Waals surface area contributed by atoms with Gasteiger partial charge in [-0.15, -0.1) is 0 Å². The van der Waals surface area contributed by atoms with Gasteiger partial charge in [-0.1, -0.05) is 0 Å². The van der Waals surface area contributed by atoms with Crippen LogP contribution in [0.15, 0.2) is 23.5 Å². The van der Waals surface area contributed by atoms with Gasteiger partial charge < -0.3 is 9.72 Å². The van der Waals surface area contributed by atoms with Crippen molar-refractivity contribution in [2.24, 2.45) is 7.05 Å². The van der Waals surface area contributed by atoms with Gasteiger partial charge in [0, 0.05) is 43.3 Å². The lowest BCUT2D eigenvalue weighted by atomic mass is 9.89. The Labute approximate surface area is 174 Å². The first-order valence-electron chi connectivity index (χ1n) is 10.1. The quantitative estimate of drug-likeness (QED) is 0.686. The van der Waals surface area contributed by atoms with Crippen LogP contribution in [-0.2, 0) is 21.8 Å². The van der Waals surface area contributed by atoms with Crippen molar-refractivity contribution in [2.75, 3.05) is 19.8 Å². The van der Waals surface area contributed by atoms with Crippen LogP contribution in [0.2, 0.25) is 0 Å². The Balaban J connectivity index is 1.66. The number of nitrogens with zero attached hydrogens (tertiary/aromatic N) is 4. The topological polar surface area (TPSA) is 93.1 Å². The van der Waals surface area contributed by atoms with Crippen LogP contribution in [0.4, 0.5) is 4.39 Å². The molecule has 5 rings (SSSR count). The fourth-order valence-electron chi connectivity index (χ4n) is 4.91. The minimum Gasteiger partial charge on any atom is -0.381 e. The van der Waals surface area contributed by atoms with E-state index in [1.165, 1.54) is 12.1 Å². The van der Waals surface area contributed by atoms with Gasteiger partial charge in [-0.05, 0) is 50.3 Å². The van der Waals surface area contributed by atoms with E-state index in [0.29, 0.717) is 54.9 Å². The third kappa shape index (κ3) is 2.89. The molecule has 2 aliphatic heterocycles. The number of H-pyrrole nitrogens is 1. The minimum absolute atomic E-state index is 0.00643. The molecule has 0 amide bonds. The van der Waals surface area contributed by atoms with Crippen molar-refractivity contribution < 1.29 is 17.5 Å². The first-order valence-corrected chi connectivity index (χ1v) is 11.5. The lowest BCUT2D eigenvalue weighted by molar-refractivity contribution is 0.0202. The molecule has 3 aromatic rings. The second-order valence-corrected chi connectivity index (χ2v) is 10.1. The number of aryl methyl sites for hydroxylation is 2. The van der Waals surface area contributed by atoms with E-state index < -0.39 is 21.4 Å². The van der Waals surface area contributed by atoms with Crippen molar-refractivity contribution in [1.29, 1.82) is 0 Å². The van der Waals surface area contributed by atoms with E-state index in [1.54, 1.807) is 29.3 Å². The summed E-state index contributed by atoms with van der Waals surface area (Å²) < 4.78 is 50.7. The van der Waals surface area contributed by atoms with Crippen LogP contribution in [0.25, 0.3) is 22.3 Å². The molecule has 0 unspecified atom stereocenters. The maximum Gasteiger partial charge on any atom is 0.259 e. The van der Waals surface area contributed by atoms with E-state index in [1.807, 2.05) is 0 Å². The zero-order valence-corrected chi connectivity index (χ0v) is 17.8. The molecule has 0 bridgehead atoms. The van der Waals surface area contributed by atoms with Crippen LogP contribution in [0, 0.1) is 12.7 Å². The summed E-state index contributed by atoms with van der Waals surface area (Å²) in [6.07, 6.45) is 4.57. The molecule has 2 saturated heterocycles. The summed E-state index contributed by atoms with van der Waals surface area (Å²) in [6, 6.07) is 2.91. The first-order chi connectivity index (χ1) is 14.3. The highest BCUT2D eigenvalue weighted by Crippen LogP contribution is 2.42. The van der Waals surface area contributed by atoms with Gasteiger partial charge >= 0.3 is 0 Å². The average molecular weight is 434 g/mol. The molecule has 0 atom stereocenters. The molecule has 10 heteroatoms. The van der Waals surface area contributed by atoms with Gasteiger partial charge in [0.15, 0.2) is 5.82 Å². The zero-order chi connectivity index (χ0) is 21.1. The SMILES string of the molecule is Cc1cc(F)c2[nH]c(S(=O)(=O)N3CCCC34CCOCC4)cc2c1-c1ncn(C)n1. The Kier molecular flexibility index (Phi) is 4.49. The summed E-state index contributed by atoms with van der Waals surface area (Å²) in [5, 5.41) is 4.81. The molecule has 0 aliphatic carbocycles. The smallest absolute Gasteiger partial charge is 0.259 e. The second-order valence-electron chi connectivity index (χ2n) is 8.23. The number of rotatable bonds is 3. The van der Waals surface area contributed by atoms with Gasteiger partial charge in [-0.2, -0.15) is 9.40 Å². The van der Waals surface area contributed by atoms with Gasteiger partial charge in [0.05, 0.1) is 5.52 Å². The van der Waals surface area contributed by atoms with Crippen LogP contribution in [0.5, 0.6) is 0 Å². The second kappa shape index (κ2) is 6.86. The molecule has 2 aromatic heterocycles. The van der Waals surface area contributed by atoms with Gasteiger partial charge in [0.2, 0.25) is 0 Å². The summed E-state index contributed by atoms with van der Waals surface area (Å²) in [7, 11) is -2.07. The Morgan fingerprint density at radius 3 is 2.70 bits per heavy atom. The van der Waals surface area contributed by atoms with Crippen molar-refractivity contribution >= 4 is 20.9 Å². The molecular weight excluding hydrogens is 409 g/mol. The van der Waals surface area contributed by atoms with E-state index in [-0.39, 0.29) is 10.5 Å². The summed E-state index contributed by atoms with van der Waals surface area (Å²) in [4.78, 5) is 7.13. The van der Waals surface area contributed by atoms with Crippen LogP contribution in [-0.4, -0.2) is 57.8 Å². The standard InChI is InChI=1S/C20H24FN5O3S/c1-13-10-15(21)18-14(17(13)19-22-12-25(2)24-19)11-16(23-18)30(27,28)26-7-3-4-20(26)5-8-29-9-6-20/h10-12,23H,3-9H2,1-2H3. The van der Waals surface area contributed by atoms with Crippen LogP contribution < -0.4 is 0 Å². The number of benzene rings is 1. The summed E-state index contributed by atoms with van der Waals surface area (Å²) in [5.41, 5.74) is 1.03. The van der Waals surface area contributed by atoms with E-state index in [4.69, 9.17) is 4.74 Å². The molecule has 1 aromatic carbocycles. The summed E-state index contributed by atoms with van der Waals surface area (Å²) in [6.45, 7) is 3.35. The Morgan fingerprint density at radius 1 is 1.23 bits per heavy atom. The maximum atomic E-state index is 14.8. The number of hydrogen-bond donors (Lipinski definition) is 1. The number of aromatic amines is 1. The first kappa shape index (κ1) is 19.7. The fraction of sp³-hybridized carbons (Fsp3) is 0.500. The highest BCUT2D eigenvalue weighted by molar-refractivity contribution is 7.89. The van der Waals surface area contributed by atoms with Crippen molar-refractivity contribution in [1.82, 2.24) is 24.1 Å². The molecule has 30 heavy (non-hydrogen) atoms. The van der Waals surface area contributed by atoms with E-state index in [2.05, 4.69) is 15.1 Å². The molecule has 2 aliphatic rings. The number of hydrogen-bond acceptors (Lipinski definition) is 5. The van der Waals surface area contributed by atoms with E-state index in [9.17, 15) is 12.8 Å². The lowest BCUT2D eigenvalue weighted by Crippen LogP contribution is -2.50. The number of ether oxygens (including phenoxy) is 1. The normalized spacial score (nSPS) is 19.8. The number of aromatic nitrogens is 4. The summed E-state index contributed by atoms with van der Waals surface area (Å²) in [5.74, 6) is -0.0594. The molecule has 1 N–H and O–H groups in total. The molecular formula is C20H24FN5O3S. The van der Waals surface area contributed by atoms with Crippen LogP contribution >= 0.6 is 0 Å². The molecule has 8 nitrogen and oxygen atoms in total. The van der Waals surface area contributed by atoms with Crippen LogP contribution in [0.3, 0.4) is 0 Å². The molecule has 0 radical (unpaired) electrons. The van der Waals surface area contributed by atoms with Gasteiger partial charge in [-0.25, -0.2) is 17.8 Å². The Hall–Kier alpha value is -2.30. The third-order valence-corrected chi connectivity index (χ3v) is 8.31. The predicted molar refractivity (Wildman–Crippen MR) is 109 cm³/mol. The fourth-order valence-corrected chi connectivity index (χ4v) is 6.80. The third-order valence-electron chi connectivity index (χ3n) is 6.39. The largest absolute Gasteiger partial charge is 0.381 e. The van der Waals surface area contributed by atoms with Gasteiger partial charge in [0.1, 0.15) is 17.2 Å². The highest BCUT2D eigenvalue weighted by atomic mass is 32.2. The monoisotopic (exact) mass is 433 g/mol. The van der Waals surface area contributed by atoms with E-state index >= 15 is 0 Å². The Morgan fingerprint density at radius 2 is 2.00 bits per heavy atom. The number of halogens is 1. The lowest BCUT2D eigenvalue weighted by Gasteiger charge is -2.40. The van der Waals surface area contributed by atoms with Gasteiger partial charge in [0.25, 0.3) is 10.0 Å². The van der Waals surface area contributed by atoms with Crippen molar-refractivity contribution in [3.05, 3.63) is 29.8 Å². The highest BCUT2D eigenvalue weighted by Gasteiger charge is 2.48. The average Bonchev–Trinajstić information content (AvgIpc) is 3.42. The Bertz CT molecular complexity index is 1230. The maximum absolute atomic E-state index is 14.8. The van der Waals surface area contributed by atoms with Crippen molar-refractivity contribution in [3.63, 3.8) is 0 Å². The van der Waals surface area contributed by atoms with E-state index in [0.717, 1.165) is 12.8 Å². The van der Waals surface area contributed by atoms with Crippen molar-refractivity contribution in [2.45, 2.75) is 43.2 Å². The summed E-state index contributed by atoms with van der Waals surface area (Å²) >= 11 is 0. The number of sulfonamides is 1. The molecule has 4 heterocycles. The molecule has 160 valence electrons. The molecule has 1 spiro atoms. The zero-order valence-electron chi connectivity index (χ0n) is 17.0. The predicted octanol–water partition coefficient (Wildman–Crippen LogP) is 2.74. The van der Waals surface area contributed by atoms with Gasteiger partial charge in [-0.3, -0.25) is 4.68 Å². The van der Waals surface area contributed by atoms with Crippen LogP contribution in [0.1, 0.15) is 31.2 Å². The molecule has 2 fully saturated rings. The number of nitrogens with one attached hydrogen (secondary N) is 1. The minimum atomic E-state index is -3.82. The number of fused-ring (bicyclic) bond motifs is 1.